The van der Waals surface area contributed by atoms with E-state index in [9.17, 15) is 23.7 Å². The zero-order chi connectivity index (χ0) is 37.9. The van der Waals surface area contributed by atoms with Gasteiger partial charge in [0.25, 0.3) is 11.8 Å². The van der Waals surface area contributed by atoms with E-state index in [1.54, 1.807) is 46.5 Å². The van der Waals surface area contributed by atoms with Crippen molar-refractivity contribution in [2.75, 3.05) is 59.1 Å². The molecule has 16 heteroatoms. The molecule has 2 atom stereocenters. The van der Waals surface area contributed by atoms with Crippen molar-refractivity contribution >= 4 is 54.6 Å². The number of carboxylic acids is 1. The van der Waals surface area contributed by atoms with Crippen LogP contribution in [0, 0.1) is 0 Å². The molecule has 0 aliphatic carbocycles. The Kier molecular flexibility index (Phi) is 11.0. The third kappa shape index (κ3) is 8.30. The van der Waals surface area contributed by atoms with Gasteiger partial charge in [-0.2, -0.15) is 0 Å². The molecule has 2 fully saturated rings. The van der Waals surface area contributed by atoms with Crippen molar-refractivity contribution in [3.63, 3.8) is 0 Å². The van der Waals surface area contributed by atoms with E-state index < -0.39 is 19.0 Å². The average Bonchev–Trinajstić information content (AvgIpc) is 3.64. The highest BCUT2D eigenvalue weighted by Gasteiger charge is 2.36. The van der Waals surface area contributed by atoms with Crippen molar-refractivity contribution in [1.29, 1.82) is 0 Å². The van der Waals surface area contributed by atoms with Gasteiger partial charge in [0.2, 0.25) is 5.91 Å². The summed E-state index contributed by atoms with van der Waals surface area (Å²) in [4.78, 5) is 62.7. The van der Waals surface area contributed by atoms with Crippen molar-refractivity contribution in [2.24, 2.45) is 9.98 Å². The fraction of sp³-hybridized carbons (Fsp3) is 0.405. The fourth-order valence-corrected chi connectivity index (χ4v) is 8.52. The summed E-state index contributed by atoms with van der Waals surface area (Å²) in [5, 5.41) is 11.6. The molecule has 280 valence electrons. The fourth-order valence-electron chi connectivity index (χ4n) is 6.66. The summed E-state index contributed by atoms with van der Waals surface area (Å²) in [6.07, 6.45) is 3.90. The van der Waals surface area contributed by atoms with Gasteiger partial charge >= 0.3 is 5.97 Å². The van der Waals surface area contributed by atoms with E-state index in [0.29, 0.717) is 71.4 Å². The number of carbonyl (C=O) groups is 4. The molecule has 0 aromatic heterocycles. The molecular formula is C37H42N5O10P. The second-order valence-corrected chi connectivity index (χ2v) is 16.7. The average molecular weight is 748 g/mol. The summed E-state index contributed by atoms with van der Waals surface area (Å²) < 4.78 is 37.6. The summed E-state index contributed by atoms with van der Waals surface area (Å²) in [5.74, 6) is -0.862. The van der Waals surface area contributed by atoms with E-state index in [0.717, 1.165) is 11.1 Å². The molecule has 0 unspecified atom stereocenters. The molecule has 0 spiro atoms. The summed E-state index contributed by atoms with van der Waals surface area (Å²) in [5.41, 5.74) is 3.47. The van der Waals surface area contributed by atoms with Crippen molar-refractivity contribution in [2.45, 2.75) is 37.8 Å². The predicted molar refractivity (Wildman–Crippen MR) is 198 cm³/mol. The molecule has 6 rings (SSSR count). The Balaban J connectivity index is 1.16. The number of carbonyl (C=O) groups excluding carboxylic acids is 3. The number of hydrogen-bond donors (Lipinski definition) is 2. The van der Waals surface area contributed by atoms with Gasteiger partial charge in [-0.05, 0) is 25.0 Å². The number of nitrogens with one attached hydrogen (secondary N) is 1. The third-order valence-corrected chi connectivity index (χ3v) is 12.3. The number of rotatable bonds is 15. The number of aliphatic imine (C=N–C) groups is 2. The number of amides is 3. The monoisotopic (exact) mass is 747 g/mol. The first-order chi connectivity index (χ1) is 25.4. The second kappa shape index (κ2) is 15.7. The highest BCUT2D eigenvalue weighted by molar-refractivity contribution is 7.63. The van der Waals surface area contributed by atoms with Crippen molar-refractivity contribution in [3.05, 3.63) is 59.7 Å². The van der Waals surface area contributed by atoms with Crippen molar-refractivity contribution in [3.8, 4) is 23.0 Å². The van der Waals surface area contributed by atoms with Gasteiger partial charge in [-0.15, -0.1) is 0 Å². The van der Waals surface area contributed by atoms with Crippen LogP contribution in [0.5, 0.6) is 23.0 Å². The quantitative estimate of drug-likeness (QED) is 0.195. The Morgan fingerprint density at radius 2 is 1.28 bits per heavy atom. The van der Waals surface area contributed by atoms with Gasteiger partial charge < -0.3 is 43.7 Å². The van der Waals surface area contributed by atoms with E-state index >= 15 is 0 Å². The number of nitrogens with zero attached hydrogens (tertiary/aromatic N) is 4. The zero-order valence-corrected chi connectivity index (χ0v) is 30.6. The van der Waals surface area contributed by atoms with Crippen LogP contribution >= 0.6 is 7.14 Å². The molecule has 0 radical (unpaired) electrons. The largest absolute Gasteiger partial charge is 0.493 e. The normalized spacial score (nSPS) is 18.8. The van der Waals surface area contributed by atoms with Crippen molar-refractivity contribution in [1.82, 2.24) is 15.1 Å². The SMILES string of the molecule is C=C1C[C@H]2C=Nc3cc(OCCP(=O)(CCOc4cc5c(cc4OC)C(=O)N4CC(=C)C[C@H]4C=N5)CNC(=O)CCC(=O)O)c(OC)cc3C(=O)N2C1. The van der Waals surface area contributed by atoms with E-state index in [-0.39, 0.29) is 68.6 Å². The van der Waals surface area contributed by atoms with Gasteiger partial charge in [-0.3, -0.25) is 29.2 Å². The van der Waals surface area contributed by atoms with Crippen LogP contribution in [0.25, 0.3) is 0 Å². The Hall–Kier alpha value is -5.43. The maximum absolute atomic E-state index is 14.3. The van der Waals surface area contributed by atoms with Crippen LogP contribution in [-0.2, 0) is 14.2 Å². The Morgan fingerprint density at radius 1 is 0.811 bits per heavy atom. The van der Waals surface area contributed by atoms with Gasteiger partial charge in [-0.25, -0.2) is 0 Å². The number of hydrogen-bond acceptors (Lipinski definition) is 11. The van der Waals surface area contributed by atoms with E-state index in [1.807, 2.05) is 0 Å². The summed E-state index contributed by atoms with van der Waals surface area (Å²) in [7, 11) is -0.365. The van der Waals surface area contributed by atoms with Crippen LogP contribution in [0.4, 0.5) is 11.4 Å². The maximum atomic E-state index is 14.3. The van der Waals surface area contributed by atoms with Gasteiger partial charge in [0.15, 0.2) is 23.0 Å². The minimum absolute atomic E-state index is 0.0125. The molecule has 0 bridgehead atoms. The zero-order valence-electron chi connectivity index (χ0n) is 29.7. The van der Waals surface area contributed by atoms with E-state index in [4.69, 9.17) is 24.1 Å². The molecule has 2 N–H and O–H groups in total. The van der Waals surface area contributed by atoms with Crippen molar-refractivity contribution < 1.29 is 47.8 Å². The molecule has 2 saturated heterocycles. The first-order valence-electron chi connectivity index (χ1n) is 17.2. The number of benzene rings is 2. The molecule has 53 heavy (non-hydrogen) atoms. The van der Waals surface area contributed by atoms with Gasteiger partial charge in [0.05, 0.1) is 74.7 Å². The minimum atomic E-state index is -3.27. The Labute approximate surface area is 306 Å². The van der Waals surface area contributed by atoms with Gasteiger partial charge in [-0.1, -0.05) is 24.3 Å². The van der Waals surface area contributed by atoms with Gasteiger partial charge in [0, 0.05) is 56.4 Å². The molecule has 2 aromatic carbocycles. The molecule has 4 aliphatic heterocycles. The first-order valence-corrected chi connectivity index (χ1v) is 19.4. The number of carboxylic acid groups (broad SMARTS) is 1. The minimum Gasteiger partial charge on any atom is -0.493 e. The van der Waals surface area contributed by atoms with Crippen LogP contribution in [0.3, 0.4) is 0 Å². The number of fused-ring (bicyclic) bond motifs is 4. The van der Waals surface area contributed by atoms with E-state index in [1.165, 1.54) is 14.2 Å². The Bertz CT molecular complexity index is 1860. The standard InChI is InChI=1S/C37H42N5O10P/c1-22-11-24-17-38-28-15-32(30(49-3)13-26(28)36(46)41(24)19-22)51-7-9-53(48,21-40-34(43)5-6-35(44)45)10-8-52-33-16-29-27(14-31(33)50-4)37(47)42-20-23(2)12-25(42)18-39-29/h13-18,24-25H,1-2,5-12,19-21H2,3-4H3,(H,40,43)(H,44,45)/t24-,25-/m0/s1. The molecule has 4 aliphatic rings. The second-order valence-electron chi connectivity index (χ2n) is 13.4. The lowest BCUT2D eigenvalue weighted by atomic mass is 10.1. The lowest BCUT2D eigenvalue weighted by Crippen LogP contribution is -2.35. The van der Waals surface area contributed by atoms with Crippen LogP contribution in [-0.4, -0.2) is 122 Å². The molecule has 3 amide bonds. The maximum Gasteiger partial charge on any atom is 0.303 e. The first kappa shape index (κ1) is 37.3. The highest BCUT2D eigenvalue weighted by Crippen LogP contribution is 2.46. The highest BCUT2D eigenvalue weighted by atomic mass is 31.2. The molecule has 4 heterocycles. The Morgan fingerprint density at radius 3 is 1.72 bits per heavy atom. The third-order valence-electron chi connectivity index (χ3n) is 9.55. The van der Waals surface area contributed by atoms with Crippen LogP contribution in [0.15, 0.2) is 58.6 Å². The predicted octanol–water partition coefficient (Wildman–Crippen LogP) is 4.44. The molecule has 15 nitrogen and oxygen atoms in total. The number of aliphatic carboxylic acids is 1. The van der Waals surface area contributed by atoms with Crippen LogP contribution < -0.4 is 24.3 Å². The summed E-state index contributed by atoms with van der Waals surface area (Å²) in [6, 6.07) is 6.01. The summed E-state index contributed by atoms with van der Waals surface area (Å²) >= 11 is 0. The summed E-state index contributed by atoms with van der Waals surface area (Å²) in [6.45, 7) is 8.82. The molecule has 2 aromatic rings. The van der Waals surface area contributed by atoms with Crippen LogP contribution in [0.1, 0.15) is 46.4 Å². The van der Waals surface area contributed by atoms with Gasteiger partial charge in [0.1, 0.15) is 7.14 Å². The van der Waals surface area contributed by atoms with E-state index in [2.05, 4.69) is 28.5 Å². The lowest BCUT2D eigenvalue weighted by Gasteiger charge is -2.22. The smallest absolute Gasteiger partial charge is 0.303 e. The lowest BCUT2D eigenvalue weighted by molar-refractivity contribution is -0.138. The number of methoxy groups -OCH3 is 2. The number of ether oxygens (including phenoxy) is 4. The van der Waals surface area contributed by atoms with Crippen LogP contribution in [0.2, 0.25) is 0 Å². The topological polar surface area (TPSA) is 186 Å². The molecule has 0 saturated carbocycles. The molecular weight excluding hydrogens is 705 g/mol.